The molecule has 34 heavy (non-hydrogen) atoms. The molecular formula is C28H38FN4P. The second kappa shape index (κ2) is 9.51. The number of hydrogen-bond acceptors (Lipinski definition) is 4. The maximum absolute atomic E-state index is 14.3. The van der Waals surface area contributed by atoms with Crippen molar-refractivity contribution >= 4 is 25.3 Å². The van der Waals surface area contributed by atoms with E-state index >= 15 is 0 Å². The van der Waals surface area contributed by atoms with Crippen LogP contribution in [0.2, 0.25) is 0 Å². The third-order valence-corrected chi connectivity index (χ3v) is 9.28. The van der Waals surface area contributed by atoms with E-state index in [9.17, 15) is 4.39 Å². The molecule has 4 nitrogen and oxygen atoms in total. The summed E-state index contributed by atoms with van der Waals surface area (Å²) in [5, 5.41) is 1.43. The summed E-state index contributed by atoms with van der Waals surface area (Å²) in [5.41, 5.74) is 3.70. The van der Waals surface area contributed by atoms with Crippen LogP contribution in [0, 0.1) is 5.82 Å². The molecule has 1 spiro atoms. The Morgan fingerprint density at radius 2 is 1.71 bits per heavy atom. The molecule has 0 bridgehead atoms. The van der Waals surface area contributed by atoms with E-state index in [0.717, 1.165) is 65.7 Å². The van der Waals surface area contributed by atoms with Crippen LogP contribution < -0.4 is 15.1 Å². The molecule has 2 saturated heterocycles. The minimum atomic E-state index is -0.127. The van der Waals surface area contributed by atoms with Crippen LogP contribution in [-0.4, -0.2) is 69.3 Å². The highest BCUT2D eigenvalue weighted by atomic mass is 31.1. The van der Waals surface area contributed by atoms with Crippen molar-refractivity contribution in [3.8, 4) is 0 Å². The average Bonchev–Trinajstić information content (AvgIpc) is 3.17. The van der Waals surface area contributed by atoms with Crippen LogP contribution in [0.5, 0.6) is 0 Å². The molecule has 2 aromatic carbocycles. The molecule has 1 atom stereocenters. The SMILES string of the molecule is C=C(N(C)C)N1CC2(CCN(C3CCN(c4ccc(PC)cc4)CC3)CC2)c2cc(F)ccc21. The number of benzene rings is 2. The van der Waals surface area contributed by atoms with Crippen molar-refractivity contribution in [3.63, 3.8) is 0 Å². The van der Waals surface area contributed by atoms with Gasteiger partial charge in [0.05, 0.1) is 0 Å². The van der Waals surface area contributed by atoms with Gasteiger partial charge in [0.2, 0.25) is 0 Å². The Kier molecular flexibility index (Phi) is 6.61. The number of hydrogen-bond donors (Lipinski definition) is 0. The molecule has 0 aromatic heterocycles. The van der Waals surface area contributed by atoms with E-state index < -0.39 is 0 Å². The normalized spacial score (nSPS) is 20.9. The van der Waals surface area contributed by atoms with Crippen molar-refractivity contribution in [2.75, 3.05) is 63.3 Å². The lowest BCUT2D eigenvalue weighted by Crippen LogP contribution is -2.51. The number of anilines is 2. The zero-order valence-corrected chi connectivity index (χ0v) is 21.9. The molecule has 2 aromatic rings. The van der Waals surface area contributed by atoms with Crippen LogP contribution in [0.3, 0.4) is 0 Å². The molecule has 0 N–H and O–H groups in total. The Balaban J connectivity index is 1.23. The standard InChI is InChI=1S/C28H38FN4P/c1-21(30(2)3)33-20-28(26-19-22(29)5-10-27(26)33)13-17-32(18-14-28)24-11-15-31(16-12-24)23-6-8-25(34-4)9-7-23/h5-10,19,24,34H,1,11-18,20H2,2-4H3. The molecular weight excluding hydrogens is 442 g/mol. The van der Waals surface area contributed by atoms with Gasteiger partial charge in [0.25, 0.3) is 0 Å². The summed E-state index contributed by atoms with van der Waals surface area (Å²) >= 11 is 0. The smallest absolute Gasteiger partial charge is 0.123 e. The third kappa shape index (κ3) is 4.33. The lowest BCUT2D eigenvalue weighted by Gasteiger charge is -2.46. The van der Waals surface area contributed by atoms with Crippen molar-refractivity contribution < 1.29 is 4.39 Å². The van der Waals surface area contributed by atoms with Crippen LogP contribution in [0.4, 0.5) is 15.8 Å². The first-order valence-electron chi connectivity index (χ1n) is 12.6. The Morgan fingerprint density at radius 3 is 2.32 bits per heavy atom. The summed E-state index contributed by atoms with van der Waals surface area (Å²) in [6.45, 7) is 11.9. The van der Waals surface area contributed by atoms with Gasteiger partial charge in [-0.3, -0.25) is 0 Å². The van der Waals surface area contributed by atoms with Crippen molar-refractivity contribution in [1.29, 1.82) is 0 Å². The van der Waals surface area contributed by atoms with E-state index in [-0.39, 0.29) is 11.2 Å². The van der Waals surface area contributed by atoms with Crippen LogP contribution in [0.1, 0.15) is 31.2 Å². The fourth-order valence-electron chi connectivity index (χ4n) is 6.19. The number of nitrogens with zero attached hydrogens (tertiary/aromatic N) is 4. The van der Waals surface area contributed by atoms with E-state index in [1.54, 1.807) is 12.1 Å². The largest absolute Gasteiger partial charge is 0.371 e. The Labute approximate surface area is 206 Å². The number of piperidine rings is 2. The highest BCUT2D eigenvalue weighted by Crippen LogP contribution is 2.49. The molecule has 5 rings (SSSR count). The van der Waals surface area contributed by atoms with Gasteiger partial charge in [-0.1, -0.05) is 27.3 Å². The fourth-order valence-corrected chi connectivity index (χ4v) is 6.69. The molecule has 0 amide bonds. The molecule has 0 radical (unpaired) electrons. The van der Waals surface area contributed by atoms with E-state index in [4.69, 9.17) is 0 Å². The van der Waals surface area contributed by atoms with Gasteiger partial charge >= 0.3 is 0 Å². The van der Waals surface area contributed by atoms with Crippen LogP contribution in [-0.2, 0) is 5.41 Å². The van der Waals surface area contributed by atoms with Crippen LogP contribution in [0.25, 0.3) is 0 Å². The van der Waals surface area contributed by atoms with Gasteiger partial charge in [0.15, 0.2) is 0 Å². The summed E-state index contributed by atoms with van der Waals surface area (Å²) in [4.78, 5) is 9.62. The second-order valence-electron chi connectivity index (χ2n) is 10.4. The summed E-state index contributed by atoms with van der Waals surface area (Å²) in [6, 6.07) is 15.1. The van der Waals surface area contributed by atoms with Crippen molar-refractivity contribution in [2.24, 2.45) is 0 Å². The quantitative estimate of drug-likeness (QED) is 0.580. The lowest BCUT2D eigenvalue weighted by molar-refractivity contribution is 0.104. The van der Waals surface area contributed by atoms with Gasteiger partial charge in [-0.25, -0.2) is 4.39 Å². The zero-order valence-electron chi connectivity index (χ0n) is 20.9. The average molecular weight is 481 g/mol. The minimum Gasteiger partial charge on any atom is -0.371 e. The highest BCUT2D eigenvalue weighted by Gasteiger charge is 2.46. The molecule has 0 aliphatic carbocycles. The molecule has 182 valence electrons. The van der Waals surface area contributed by atoms with E-state index in [2.05, 4.69) is 57.1 Å². The van der Waals surface area contributed by atoms with Gasteiger partial charge in [-0.15, -0.1) is 0 Å². The first kappa shape index (κ1) is 23.6. The third-order valence-electron chi connectivity index (χ3n) is 8.37. The molecule has 3 aliphatic rings. The number of halogens is 1. The molecule has 1 unspecified atom stereocenters. The lowest BCUT2D eigenvalue weighted by atomic mass is 9.74. The van der Waals surface area contributed by atoms with Gasteiger partial charge in [-0.05, 0) is 86.6 Å². The van der Waals surface area contributed by atoms with Gasteiger partial charge < -0.3 is 19.6 Å². The Bertz CT molecular complexity index is 1020. The first-order valence-corrected chi connectivity index (χ1v) is 14.1. The maximum Gasteiger partial charge on any atom is 0.123 e. The molecule has 3 heterocycles. The fraction of sp³-hybridized carbons (Fsp3) is 0.500. The monoisotopic (exact) mass is 480 g/mol. The zero-order chi connectivity index (χ0) is 23.9. The van der Waals surface area contributed by atoms with Crippen molar-refractivity contribution in [1.82, 2.24) is 9.80 Å². The maximum atomic E-state index is 14.3. The predicted octanol–water partition coefficient (Wildman–Crippen LogP) is 4.61. The second-order valence-corrected chi connectivity index (χ2v) is 11.5. The first-order chi connectivity index (χ1) is 16.4. The van der Waals surface area contributed by atoms with Crippen LogP contribution in [0.15, 0.2) is 54.9 Å². The number of fused-ring (bicyclic) bond motifs is 2. The topological polar surface area (TPSA) is 13.0 Å². The summed E-state index contributed by atoms with van der Waals surface area (Å²) in [6.07, 6.45) is 4.61. The summed E-state index contributed by atoms with van der Waals surface area (Å²) < 4.78 is 14.3. The molecule has 0 saturated carbocycles. The Morgan fingerprint density at radius 1 is 1.03 bits per heavy atom. The minimum absolute atomic E-state index is 0.0231. The number of likely N-dealkylation sites (tertiary alicyclic amines) is 1. The number of rotatable bonds is 5. The van der Waals surface area contributed by atoms with E-state index in [1.165, 1.54) is 29.4 Å². The van der Waals surface area contributed by atoms with Gasteiger partial charge in [0.1, 0.15) is 11.6 Å². The molecule has 6 heteroatoms. The molecule has 2 fully saturated rings. The predicted molar refractivity (Wildman–Crippen MR) is 145 cm³/mol. The van der Waals surface area contributed by atoms with Crippen molar-refractivity contribution in [3.05, 3.63) is 66.2 Å². The van der Waals surface area contributed by atoms with Crippen LogP contribution >= 0.6 is 8.58 Å². The highest BCUT2D eigenvalue weighted by molar-refractivity contribution is 7.46. The Hall–Kier alpha value is -2.10. The summed E-state index contributed by atoms with van der Waals surface area (Å²) in [5.74, 6) is 0.852. The van der Waals surface area contributed by atoms with Crippen molar-refractivity contribution in [2.45, 2.75) is 37.1 Å². The van der Waals surface area contributed by atoms with Gasteiger partial charge in [0, 0.05) is 56.6 Å². The van der Waals surface area contributed by atoms with Gasteiger partial charge in [-0.2, -0.15) is 0 Å². The van der Waals surface area contributed by atoms with E-state index in [1.807, 2.05) is 20.2 Å². The molecule has 3 aliphatic heterocycles. The summed E-state index contributed by atoms with van der Waals surface area (Å²) in [7, 11) is 4.92. The van der Waals surface area contributed by atoms with E-state index in [0.29, 0.717) is 6.04 Å².